The number of para-hydroxylation sites is 1. The lowest BCUT2D eigenvalue weighted by molar-refractivity contribution is -0.144. The highest BCUT2D eigenvalue weighted by molar-refractivity contribution is 7.90. The molecule has 0 spiro atoms. The number of hydrogen-bond donors (Lipinski definition) is 1. The van der Waals surface area contributed by atoms with Crippen LogP contribution < -0.4 is 5.32 Å². The van der Waals surface area contributed by atoms with E-state index in [1.807, 2.05) is 27.7 Å². The fourth-order valence-electron chi connectivity index (χ4n) is 3.15. The zero-order valence-electron chi connectivity index (χ0n) is 24.5. The summed E-state index contributed by atoms with van der Waals surface area (Å²) in [5.74, 6) is -0.671. The van der Waals surface area contributed by atoms with E-state index in [0.29, 0.717) is 15.9 Å². The molecule has 1 unspecified atom stereocenters. The van der Waals surface area contributed by atoms with Gasteiger partial charge in [-0.05, 0) is 38.1 Å². The summed E-state index contributed by atoms with van der Waals surface area (Å²) in [5, 5.41) is 6.62. The lowest BCUT2D eigenvalue weighted by atomic mass is 10.0. The van der Waals surface area contributed by atoms with Gasteiger partial charge in [0.15, 0.2) is 15.5 Å². The first-order valence-electron chi connectivity index (χ1n) is 13.0. The Hall–Kier alpha value is -3.73. The van der Waals surface area contributed by atoms with Gasteiger partial charge in [0.1, 0.15) is 18.4 Å². The summed E-state index contributed by atoms with van der Waals surface area (Å²) in [6, 6.07) is 13.7. The number of carbonyl (C=O) groups excluding carboxylic acids is 1. The molecule has 3 aromatic rings. The Balaban J connectivity index is 0.00000158. The highest BCUT2D eigenvalue weighted by Crippen LogP contribution is 2.38. The zero-order chi connectivity index (χ0) is 31.8. The van der Waals surface area contributed by atoms with Crippen LogP contribution in [0.25, 0.3) is 17.3 Å². The average molecular weight is 598 g/mol. The predicted octanol–water partition coefficient (Wildman–Crippen LogP) is 8.23. The molecule has 226 valence electrons. The van der Waals surface area contributed by atoms with Gasteiger partial charge in [0.25, 0.3) is 0 Å². The molecule has 0 bridgehead atoms. The Morgan fingerprint density at radius 2 is 1.56 bits per heavy atom. The fraction of sp³-hybridized carbons (Fsp3) is 0.333. The van der Waals surface area contributed by atoms with Crippen LogP contribution in [0.5, 0.6) is 0 Å². The molecule has 1 amide bonds. The van der Waals surface area contributed by atoms with Crippen LogP contribution in [0, 0.1) is 0 Å². The van der Waals surface area contributed by atoms with Crippen LogP contribution in [-0.4, -0.2) is 36.5 Å². The standard InChI is InChI=1S/C22H20F3N3O3S.C4H7F.2C2H6/c1-3-7-18-20(15-10-12-17(13-11-15)32(2,30)31)27-28(21(18)22(23,24)25)14-19(29)26-16-8-5-4-6-9-16;1-3-4(2)5;2*1-2/h3-13H,14H2,1-2H3,(H,26,29);3-4H,1H2,2H3;2*1-2H3/b7-3+;;;. The number of nitrogens with one attached hydrogen (secondary N) is 1. The Labute approximate surface area is 240 Å². The van der Waals surface area contributed by atoms with Crippen molar-refractivity contribution >= 4 is 27.5 Å². The van der Waals surface area contributed by atoms with Crippen LogP contribution in [0.4, 0.5) is 23.2 Å². The minimum absolute atomic E-state index is 0.0111. The van der Waals surface area contributed by atoms with Gasteiger partial charge in [0, 0.05) is 23.1 Å². The summed E-state index contributed by atoms with van der Waals surface area (Å²) in [6.07, 6.45) is -0.638. The van der Waals surface area contributed by atoms with E-state index in [4.69, 9.17) is 0 Å². The summed E-state index contributed by atoms with van der Waals surface area (Å²) in [7, 11) is -3.47. The van der Waals surface area contributed by atoms with E-state index in [0.717, 1.165) is 6.26 Å². The first kappa shape index (κ1) is 37.3. The molecule has 1 heterocycles. The first-order valence-corrected chi connectivity index (χ1v) is 14.9. The van der Waals surface area contributed by atoms with Gasteiger partial charge in [-0.3, -0.25) is 4.79 Å². The van der Waals surface area contributed by atoms with Crippen molar-refractivity contribution in [3.63, 3.8) is 0 Å². The van der Waals surface area contributed by atoms with Crippen molar-refractivity contribution in [2.45, 2.75) is 65.3 Å². The minimum Gasteiger partial charge on any atom is -0.324 e. The van der Waals surface area contributed by atoms with Crippen molar-refractivity contribution < 1.29 is 30.8 Å². The smallest absolute Gasteiger partial charge is 0.324 e. The van der Waals surface area contributed by atoms with Crippen LogP contribution in [0.2, 0.25) is 0 Å². The molecule has 0 aliphatic heterocycles. The molecule has 0 saturated carbocycles. The van der Waals surface area contributed by atoms with E-state index in [1.54, 1.807) is 37.3 Å². The van der Waals surface area contributed by atoms with Crippen LogP contribution in [0.15, 0.2) is 78.2 Å². The van der Waals surface area contributed by atoms with E-state index >= 15 is 0 Å². The number of sulfone groups is 1. The van der Waals surface area contributed by atoms with Gasteiger partial charge >= 0.3 is 6.18 Å². The number of allylic oxidation sites excluding steroid dienone is 2. The Bertz CT molecular complexity index is 1350. The van der Waals surface area contributed by atoms with Gasteiger partial charge < -0.3 is 5.32 Å². The molecule has 1 atom stereocenters. The van der Waals surface area contributed by atoms with Crippen LogP contribution in [0.1, 0.15) is 52.8 Å². The predicted molar refractivity (Wildman–Crippen MR) is 159 cm³/mol. The number of benzene rings is 2. The van der Waals surface area contributed by atoms with E-state index in [-0.39, 0.29) is 16.2 Å². The van der Waals surface area contributed by atoms with E-state index < -0.39 is 40.3 Å². The number of aromatic nitrogens is 2. The third-order valence-corrected chi connectivity index (χ3v) is 5.95. The van der Waals surface area contributed by atoms with Gasteiger partial charge in [0.05, 0.1) is 4.90 Å². The Morgan fingerprint density at radius 3 is 1.98 bits per heavy atom. The van der Waals surface area contributed by atoms with Gasteiger partial charge in [-0.25, -0.2) is 17.5 Å². The molecule has 3 rings (SSSR count). The number of amides is 1. The van der Waals surface area contributed by atoms with E-state index in [2.05, 4.69) is 17.0 Å². The van der Waals surface area contributed by atoms with Crippen molar-refractivity contribution in [3.05, 3.63) is 84.6 Å². The number of hydrogen-bond acceptors (Lipinski definition) is 4. The number of halogens is 4. The van der Waals surface area contributed by atoms with Gasteiger partial charge in [0.2, 0.25) is 5.91 Å². The first-order chi connectivity index (χ1) is 19.3. The summed E-state index contributed by atoms with van der Waals surface area (Å²) in [5.41, 5.74) is -0.551. The second-order valence-corrected chi connectivity index (χ2v) is 9.91. The molecule has 41 heavy (non-hydrogen) atoms. The number of alkyl halides is 4. The van der Waals surface area contributed by atoms with Crippen LogP contribution >= 0.6 is 0 Å². The van der Waals surface area contributed by atoms with Crippen molar-refractivity contribution in [1.82, 2.24) is 9.78 Å². The third kappa shape index (κ3) is 12.1. The third-order valence-electron chi connectivity index (χ3n) is 4.82. The maximum Gasteiger partial charge on any atom is 0.433 e. The molecular weight excluding hydrogens is 558 g/mol. The number of anilines is 1. The monoisotopic (exact) mass is 597 g/mol. The molecular formula is C30H39F4N3O3S. The molecule has 2 aromatic carbocycles. The molecule has 0 saturated heterocycles. The lowest BCUT2D eigenvalue weighted by Crippen LogP contribution is -2.24. The summed E-state index contributed by atoms with van der Waals surface area (Å²) < 4.78 is 77.2. The van der Waals surface area contributed by atoms with E-state index in [1.165, 1.54) is 49.4 Å². The summed E-state index contributed by atoms with van der Waals surface area (Å²) in [4.78, 5) is 12.4. The lowest BCUT2D eigenvalue weighted by Gasteiger charge is -2.12. The summed E-state index contributed by atoms with van der Waals surface area (Å²) in [6.45, 7) is 13.5. The van der Waals surface area contributed by atoms with Crippen molar-refractivity contribution in [3.8, 4) is 11.3 Å². The maximum atomic E-state index is 14.0. The molecule has 1 aromatic heterocycles. The van der Waals surface area contributed by atoms with Crippen molar-refractivity contribution in [1.29, 1.82) is 0 Å². The van der Waals surface area contributed by atoms with Crippen LogP contribution in [0.3, 0.4) is 0 Å². The maximum absolute atomic E-state index is 14.0. The highest BCUT2D eigenvalue weighted by atomic mass is 32.2. The SMILES string of the molecule is C/C=C/c1c(-c2ccc(S(C)(=O)=O)cc2)nn(CC(=O)Nc2ccccc2)c1C(F)(F)F.C=CC(C)F.CC.CC. The molecule has 11 heteroatoms. The van der Waals surface area contributed by atoms with Crippen molar-refractivity contribution in [2.75, 3.05) is 11.6 Å². The molecule has 6 nitrogen and oxygen atoms in total. The van der Waals surface area contributed by atoms with E-state index in [9.17, 15) is 30.8 Å². The molecule has 0 aliphatic rings. The minimum atomic E-state index is -4.78. The number of rotatable bonds is 7. The topological polar surface area (TPSA) is 81.1 Å². The number of nitrogens with zero attached hydrogens (tertiary/aromatic N) is 2. The van der Waals surface area contributed by atoms with Crippen molar-refractivity contribution in [2.24, 2.45) is 0 Å². The number of carbonyl (C=O) groups is 1. The van der Waals surface area contributed by atoms with Gasteiger partial charge in [-0.1, -0.05) is 76.3 Å². The fourth-order valence-corrected chi connectivity index (χ4v) is 3.78. The largest absolute Gasteiger partial charge is 0.433 e. The molecule has 1 N–H and O–H groups in total. The quantitative estimate of drug-likeness (QED) is 0.220. The Kier molecular flexibility index (Phi) is 16.2. The molecule has 0 radical (unpaired) electrons. The zero-order valence-corrected chi connectivity index (χ0v) is 25.3. The van der Waals surface area contributed by atoms with Gasteiger partial charge in [-0.15, -0.1) is 6.58 Å². The van der Waals surface area contributed by atoms with Gasteiger partial charge in [-0.2, -0.15) is 18.3 Å². The normalized spacial score (nSPS) is 11.6. The van der Waals surface area contributed by atoms with Crippen LogP contribution in [-0.2, 0) is 27.4 Å². The highest BCUT2D eigenvalue weighted by Gasteiger charge is 2.40. The second kappa shape index (κ2) is 17.9. The Morgan fingerprint density at radius 1 is 1.05 bits per heavy atom. The summed E-state index contributed by atoms with van der Waals surface area (Å²) >= 11 is 0. The molecule has 0 fully saturated rings. The molecule has 0 aliphatic carbocycles. The second-order valence-electron chi connectivity index (χ2n) is 7.89. The average Bonchev–Trinajstić information content (AvgIpc) is 3.29.